The van der Waals surface area contributed by atoms with Crippen LogP contribution in [0.25, 0.3) is 0 Å². The van der Waals surface area contributed by atoms with E-state index in [1.165, 1.54) is 6.26 Å². The van der Waals surface area contributed by atoms with Crippen LogP contribution in [-0.2, 0) is 4.79 Å². The van der Waals surface area contributed by atoms with Crippen LogP contribution in [-0.4, -0.2) is 17.5 Å². The van der Waals surface area contributed by atoms with E-state index in [1.54, 1.807) is 31.2 Å². The summed E-state index contributed by atoms with van der Waals surface area (Å²) in [6.07, 6.45) is 1.87. The molecule has 0 aliphatic carbocycles. The second kappa shape index (κ2) is 8.10. The second-order valence-electron chi connectivity index (χ2n) is 5.84. The quantitative estimate of drug-likeness (QED) is 0.630. The number of nitrogens with zero attached hydrogens (tertiary/aromatic N) is 1. The van der Waals surface area contributed by atoms with Crippen LogP contribution in [0.3, 0.4) is 0 Å². The van der Waals surface area contributed by atoms with Gasteiger partial charge in [-0.2, -0.15) is 5.10 Å². The van der Waals surface area contributed by atoms with Gasteiger partial charge in [0.05, 0.1) is 12.0 Å². The lowest BCUT2D eigenvalue weighted by Crippen LogP contribution is -2.20. The number of hydrazone groups is 1. The molecule has 0 bridgehead atoms. The van der Waals surface area contributed by atoms with Gasteiger partial charge in [0.15, 0.2) is 5.76 Å². The van der Waals surface area contributed by atoms with Gasteiger partial charge in [0, 0.05) is 12.1 Å². The molecule has 6 heteroatoms. The predicted molar refractivity (Wildman–Crippen MR) is 92.9 cm³/mol. The molecule has 0 unspecified atom stereocenters. The average molecular weight is 327 g/mol. The molecule has 0 saturated carbocycles. The van der Waals surface area contributed by atoms with Crippen molar-refractivity contribution in [3.63, 3.8) is 0 Å². The average Bonchev–Trinajstić information content (AvgIpc) is 3.07. The molecule has 24 heavy (non-hydrogen) atoms. The van der Waals surface area contributed by atoms with Crippen molar-refractivity contribution in [2.75, 3.05) is 5.32 Å². The Morgan fingerprint density at radius 3 is 2.67 bits per heavy atom. The Kier molecular flexibility index (Phi) is 5.89. The molecule has 0 fully saturated rings. The van der Waals surface area contributed by atoms with E-state index in [9.17, 15) is 9.59 Å². The number of hydrogen-bond acceptors (Lipinski definition) is 4. The fourth-order valence-electron chi connectivity index (χ4n) is 2.05. The van der Waals surface area contributed by atoms with Crippen molar-refractivity contribution in [3.8, 4) is 0 Å². The number of rotatable bonds is 6. The Hall–Kier alpha value is -2.89. The van der Waals surface area contributed by atoms with Crippen molar-refractivity contribution in [2.45, 2.75) is 27.2 Å². The molecular weight excluding hydrogens is 306 g/mol. The minimum absolute atomic E-state index is 0.119. The molecule has 2 rings (SSSR count). The lowest BCUT2D eigenvalue weighted by molar-refractivity contribution is -0.121. The SMILES string of the molecule is C/C(=N\NC(=O)CC(C)C)c1cccc(NC(=O)c2ccco2)c1. The summed E-state index contributed by atoms with van der Waals surface area (Å²) in [7, 11) is 0. The van der Waals surface area contributed by atoms with E-state index in [0.717, 1.165) is 5.56 Å². The van der Waals surface area contributed by atoms with Crippen LogP contribution in [0, 0.1) is 5.92 Å². The summed E-state index contributed by atoms with van der Waals surface area (Å²) in [5, 5.41) is 6.86. The van der Waals surface area contributed by atoms with Crippen LogP contribution in [0.5, 0.6) is 0 Å². The molecule has 2 aromatic rings. The Morgan fingerprint density at radius 2 is 2.00 bits per heavy atom. The third-order valence-electron chi connectivity index (χ3n) is 3.23. The number of carbonyl (C=O) groups is 2. The van der Waals surface area contributed by atoms with Crippen molar-refractivity contribution in [1.29, 1.82) is 0 Å². The van der Waals surface area contributed by atoms with E-state index in [0.29, 0.717) is 17.8 Å². The van der Waals surface area contributed by atoms with Gasteiger partial charge in [0.1, 0.15) is 0 Å². The minimum Gasteiger partial charge on any atom is -0.459 e. The summed E-state index contributed by atoms with van der Waals surface area (Å²) in [5.74, 6) is 0.0796. The van der Waals surface area contributed by atoms with Gasteiger partial charge in [-0.1, -0.05) is 26.0 Å². The van der Waals surface area contributed by atoms with Crippen LogP contribution in [0.4, 0.5) is 5.69 Å². The van der Waals surface area contributed by atoms with Crippen molar-refractivity contribution < 1.29 is 14.0 Å². The van der Waals surface area contributed by atoms with Crippen LogP contribution < -0.4 is 10.7 Å². The number of amides is 2. The molecule has 0 aliphatic rings. The molecular formula is C18H21N3O3. The lowest BCUT2D eigenvalue weighted by atomic mass is 10.1. The largest absolute Gasteiger partial charge is 0.459 e. The van der Waals surface area contributed by atoms with Gasteiger partial charge in [0.25, 0.3) is 5.91 Å². The molecule has 0 radical (unpaired) electrons. The lowest BCUT2D eigenvalue weighted by Gasteiger charge is -2.07. The topological polar surface area (TPSA) is 83.7 Å². The van der Waals surface area contributed by atoms with E-state index >= 15 is 0 Å². The smallest absolute Gasteiger partial charge is 0.291 e. The van der Waals surface area contributed by atoms with Crippen LogP contribution in [0.1, 0.15) is 43.3 Å². The normalized spacial score (nSPS) is 11.4. The summed E-state index contributed by atoms with van der Waals surface area (Å²) in [6.45, 7) is 5.74. The van der Waals surface area contributed by atoms with Crippen LogP contribution in [0.2, 0.25) is 0 Å². The number of benzene rings is 1. The Balaban J connectivity index is 2.03. The molecule has 2 N–H and O–H groups in total. The highest BCUT2D eigenvalue weighted by Gasteiger charge is 2.09. The van der Waals surface area contributed by atoms with E-state index in [4.69, 9.17) is 4.42 Å². The first kappa shape index (κ1) is 17.5. The Labute approximate surface area is 140 Å². The minimum atomic E-state index is -0.322. The van der Waals surface area contributed by atoms with Gasteiger partial charge in [-0.25, -0.2) is 5.43 Å². The fraction of sp³-hybridized carbons (Fsp3) is 0.278. The summed E-state index contributed by atoms with van der Waals surface area (Å²) >= 11 is 0. The maximum absolute atomic E-state index is 12.0. The highest BCUT2D eigenvalue weighted by molar-refractivity contribution is 6.04. The molecule has 6 nitrogen and oxygen atoms in total. The highest BCUT2D eigenvalue weighted by atomic mass is 16.3. The van der Waals surface area contributed by atoms with Gasteiger partial charge in [-0.15, -0.1) is 0 Å². The third-order valence-corrected chi connectivity index (χ3v) is 3.23. The summed E-state index contributed by atoms with van der Waals surface area (Å²) in [4.78, 5) is 23.6. The molecule has 0 aliphatic heterocycles. The monoisotopic (exact) mass is 327 g/mol. The van der Waals surface area contributed by atoms with E-state index < -0.39 is 0 Å². The van der Waals surface area contributed by atoms with Gasteiger partial charge in [-0.05, 0) is 42.7 Å². The van der Waals surface area contributed by atoms with E-state index in [1.807, 2.05) is 26.0 Å². The van der Waals surface area contributed by atoms with Crippen LogP contribution in [0.15, 0.2) is 52.2 Å². The van der Waals surface area contributed by atoms with Crippen molar-refractivity contribution in [1.82, 2.24) is 5.43 Å². The number of hydrogen-bond donors (Lipinski definition) is 2. The predicted octanol–water partition coefficient (Wildman–Crippen LogP) is 3.42. The highest BCUT2D eigenvalue weighted by Crippen LogP contribution is 2.13. The molecule has 1 aromatic carbocycles. The summed E-state index contributed by atoms with van der Waals surface area (Å²) in [6, 6.07) is 10.5. The molecule has 1 heterocycles. The molecule has 2 amide bonds. The van der Waals surface area contributed by atoms with Crippen molar-refractivity contribution >= 4 is 23.2 Å². The second-order valence-corrected chi connectivity index (χ2v) is 5.84. The standard InChI is InChI=1S/C18H21N3O3/c1-12(2)10-17(22)21-20-13(3)14-6-4-7-15(11-14)19-18(23)16-8-5-9-24-16/h4-9,11-12H,10H2,1-3H3,(H,19,23)(H,21,22)/b20-13+. The third kappa shape index (κ3) is 5.08. The fourth-order valence-corrected chi connectivity index (χ4v) is 2.05. The first-order valence-electron chi connectivity index (χ1n) is 7.74. The van der Waals surface area contributed by atoms with Gasteiger partial charge < -0.3 is 9.73 Å². The number of furan rings is 1. The van der Waals surface area contributed by atoms with Gasteiger partial charge in [0.2, 0.25) is 5.91 Å². The van der Waals surface area contributed by atoms with Crippen molar-refractivity contribution in [3.05, 3.63) is 54.0 Å². The van der Waals surface area contributed by atoms with Crippen molar-refractivity contribution in [2.24, 2.45) is 11.0 Å². The summed E-state index contributed by atoms with van der Waals surface area (Å²) < 4.78 is 5.06. The first-order chi connectivity index (χ1) is 11.5. The van der Waals surface area contributed by atoms with Gasteiger partial charge in [-0.3, -0.25) is 9.59 Å². The zero-order valence-corrected chi connectivity index (χ0v) is 14.0. The molecule has 0 spiro atoms. The van der Waals surface area contributed by atoms with E-state index in [2.05, 4.69) is 15.8 Å². The molecule has 0 atom stereocenters. The maximum Gasteiger partial charge on any atom is 0.291 e. The molecule has 0 saturated heterocycles. The number of anilines is 1. The van der Waals surface area contributed by atoms with Gasteiger partial charge >= 0.3 is 0 Å². The summed E-state index contributed by atoms with van der Waals surface area (Å²) in [5.41, 5.74) is 4.62. The zero-order chi connectivity index (χ0) is 17.5. The number of nitrogens with one attached hydrogen (secondary N) is 2. The molecule has 1 aromatic heterocycles. The van der Waals surface area contributed by atoms with Crippen LogP contribution >= 0.6 is 0 Å². The maximum atomic E-state index is 12.0. The molecule has 126 valence electrons. The Morgan fingerprint density at radius 1 is 1.21 bits per heavy atom. The number of carbonyl (C=O) groups excluding carboxylic acids is 2. The first-order valence-corrected chi connectivity index (χ1v) is 7.74. The zero-order valence-electron chi connectivity index (χ0n) is 14.0. The Bertz CT molecular complexity index is 734. The van der Waals surface area contributed by atoms with E-state index in [-0.39, 0.29) is 23.5 Å².